The van der Waals surface area contributed by atoms with E-state index in [0.29, 0.717) is 12.5 Å². The van der Waals surface area contributed by atoms with E-state index < -0.39 is 12.7 Å². The van der Waals surface area contributed by atoms with Crippen LogP contribution in [0, 0.1) is 5.92 Å². The lowest BCUT2D eigenvalue weighted by molar-refractivity contribution is -0.147. The molecule has 0 aliphatic rings. The summed E-state index contributed by atoms with van der Waals surface area (Å²) in [6.07, 6.45) is -2.51. The van der Waals surface area contributed by atoms with Crippen molar-refractivity contribution in [2.45, 2.75) is 25.9 Å². The van der Waals surface area contributed by atoms with Crippen LogP contribution in [-0.2, 0) is 0 Å². The van der Waals surface area contributed by atoms with Crippen molar-refractivity contribution in [1.29, 1.82) is 0 Å². The van der Waals surface area contributed by atoms with Crippen molar-refractivity contribution in [2.24, 2.45) is 5.92 Å². The molecule has 98 valence electrons. The van der Waals surface area contributed by atoms with Crippen molar-refractivity contribution in [3.63, 3.8) is 0 Å². The number of halogens is 4. The van der Waals surface area contributed by atoms with Crippen molar-refractivity contribution in [3.8, 4) is 0 Å². The summed E-state index contributed by atoms with van der Waals surface area (Å²) >= 11 is 3.30. The molecule has 0 spiro atoms. The van der Waals surface area contributed by atoms with E-state index in [1.165, 1.54) is 4.90 Å². The predicted molar refractivity (Wildman–Crippen MR) is 61.8 cm³/mol. The molecule has 0 radical (unpaired) electrons. The Kier molecular flexibility index (Phi) is 8.40. The van der Waals surface area contributed by atoms with Crippen LogP contribution in [0.3, 0.4) is 0 Å². The molecule has 0 amide bonds. The molecule has 0 aliphatic carbocycles. The van der Waals surface area contributed by atoms with Gasteiger partial charge >= 0.3 is 6.18 Å². The van der Waals surface area contributed by atoms with Crippen LogP contribution >= 0.6 is 15.9 Å². The van der Waals surface area contributed by atoms with Gasteiger partial charge in [-0.2, -0.15) is 13.2 Å². The maximum atomic E-state index is 12.2. The van der Waals surface area contributed by atoms with Gasteiger partial charge in [-0.3, -0.25) is 4.90 Å². The van der Waals surface area contributed by atoms with Crippen molar-refractivity contribution < 1.29 is 18.3 Å². The quantitative estimate of drug-likeness (QED) is 0.697. The molecule has 0 aromatic rings. The fraction of sp³-hybridized carbons (Fsp3) is 1.00. The lowest BCUT2D eigenvalue weighted by atomic mass is 10.1. The number of rotatable bonds is 8. The molecule has 0 bridgehead atoms. The van der Waals surface area contributed by atoms with Crippen molar-refractivity contribution in [2.75, 3.05) is 31.6 Å². The summed E-state index contributed by atoms with van der Waals surface area (Å²) in [5.41, 5.74) is 0. The Morgan fingerprint density at radius 1 is 1.25 bits per heavy atom. The molecule has 0 aliphatic heterocycles. The third-order valence-electron chi connectivity index (χ3n) is 2.36. The Morgan fingerprint density at radius 3 is 2.31 bits per heavy atom. The smallest absolute Gasteiger partial charge is 0.395 e. The van der Waals surface area contributed by atoms with Crippen molar-refractivity contribution in [1.82, 2.24) is 4.90 Å². The second kappa shape index (κ2) is 8.31. The van der Waals surface area contributed by atoms with Crippen LogP contribution in [0.2, 0.25) is 0 Å². The number of aliphatic hydroxyl groups is 1. The second-order valence-electron chi connectivity index (χ2n) is 3.99. The van der Waals surface area contributed by atoms with Crippen LogP contribution in [0.15, 0.2) is 0 Å². The molecule has 0 aromatic heterocycles. The summed E-state index contributed by atoms with van der Waals surface area (Å²) in [6, 6.07) is 0. The molecule has 1 unspecified atom stereocenters. The van der Waals surface area contributed by atoms with E-state index in [2.05, 4.69) is 15.9 Å². The van der Waals surface area contributed by atoms with Crippen LogP contribution in [0.5, 0.6) is 0 Å². The van der Waals surface area contributed by atoms with E-state index in [9.17, 15) is 13.2 Å². The Labute approximate surface area is 103 Å². The standard InChI is InChI=1S/C10H19BrF3NO/c1-9(2-4-11)3-5-15(6-7-16)8-10(12,13)14/h9,16H,2-8H2,1H3. The van der Waals surface area contributed by atoms with E-state index in [-0.39, 0.29) is 13.2 Å². The molecule has 0 saturated carbocycles. The minimum Gasteiger partial charge on any atom is -0.395 e. The number of hydrogen-bond donors (Lipinski definition) is 1. The molecule has 1 N–H and O–H groups in total. The minimum atomic E-state index is -4.19. The fourth-order valence-corrected chi connectivity index (χ4v) is 2.18. The molecule has 1 atom stereocenters. The molecular weight excluding hydrogens is 287 g/mol. The summed E-state index contributed by atoms with van der Waals surface area (Å²) in [7, 11) is 0. The SMILES string of the molecule is CC(CCBr)CCN(CCO)CC(F)(F)F. The fourth-order valence-electron chi connectivity index (χ4n) is 1.40. The Morgan fingerprint density at radius 2 is 1.88 bits per heavy atom. The first-order chi connectivity index (χ1) is 7.39. The summed E-state index contributed by atoms with van der Waals surface area (Å²) in [5, 5.41) is 9.55. The number of alkyl halides is 4. The topological polar surface area (TPSA) is 23.5 Å². The van der Waals surface area contributed by atoms with E-state index in [4.69, 9.17) is 5.11 Å². The highest BCUT2D eigenvalue weighted by molar-refractivity contribution is 9.09. The van der Waals surface area contributed by atoms with Gasteiger partial charge in [-0.15, -0.1) is 0 Å². The van der Waals surface area contributed by atoms with Gasteiger partial charge in [0.15, 0.2) is 0 Å². The normalized spacial score (nSPS) is 14.4. The highest BCUT2D eigenvalue weighted by Crippen LogP contribution is 2.17. The zero-order chi connectivity index (χ0) is 12.6. The molecule has 2 nitrogen and oxygen atoms in total. The molecule has 0 heterocycles. The summed E-state index contributed by atoms with van der Waals surface area (Å²) < 4.78 is 36.5. The maximum Gasteiger partial charge on any atom is 0.401 e. The third-order valence-corrected chi connectivity index (χ3v) is 2.82. The van der Waals surface area contributed by atoms with E-state index in [0.717, 1.165) is 18.2 Å². The molecular formula is C10H19BrF3NO. The average Bonchev–Trinajstić information content (AvgIpc) is 2.13. The van der Waals surface area contributed by atoms with Crippen molar-refractivity contribution >= 4 is 15.9 Å². The van der Waals surface area contributed by atoms with Gasteiger partial charge < -0.3 is 5.11 Å². The van der Waals surface area contributed by atoms with Crippen molar-refractivity contribution in [3.05, 3.63) is 0 Å². The van der Waals surface area contributed by atoms with Gasteiger partial charge in [0, 0.05) is 11.9 Å². The van der Waals surface area contributed by atoms with Crippen LogP contribution in [0.1, 0.15) is 19.8 Å². The largest absolute Gasteiger partial charge is 0.401 e. The summed E-state index contributed by atoms with van der Waals surface area (Å²) in [5.74, 6) is 0.397. The minimum absolute atomic E-state index is 0.0839. The zero-order valence-corrected chi connectivity index (χ0v) is 11.0. The molecule has 0 rings (SSSR count). The second-order valence-corrected chi connectivity index (χ2v) is 4.78. The number of hydrogen-bond acceptors (Lipinski definition) is 2. The first-order valence-corrected chi connectivity index (χ1v) is 6.47. The van der Waals surface area contributed by atoms with Gasteiger partial charge in [-0.1, -0.05) is 22.9 Å². The number of nitrogens with zero attached hydrogens (tertiary/aromatic N) is 1. The van der Waals surface area contributed by atoms with Crippen LogP contribution in [-0.4, -0.2) is 47.8 Å². The Bertz CT molecular complexity index is 178. The van der Waals surface area contributed by atoms with Gasteiger partial charge in [-0.05, 0) is 25.3 Å². The Hall–Kier alpha value is 0.190. The molecule has 0 fully saturated rings. The first-order valence-electron chi connectivity index (χ1n) is 5.35. The van der Waals surface area contributed by atoms with Gasteiger partial charge in [0.2, 0.25) is 0 Å². The van der Waals surface area contributed by atoms with Crippen LogP contribution in [0.4, 0.5) is 13.2 Å². The Balaban J connectivity index is 3.93. The molecule has 16 heavy (non-hydrogen) atoms. The average molecular weight is 306 g/mol. The first kappa shape index (κ1) is 16.2. The molecule has 0 aromatic carbocycles. The van der Waals surface area contributed by atoms with E-state index in [1.54, 1.807) is 0 Å². The van der Waals surface area contributed by atoms with Gasteiger partial charge in [0.25, 0.3) is 0 Å². The third kappa shape index (κ3) is 9.42. The van der Waals surface area contributed by atoms with Gasteiger partial charge in [0.05, 0.1) is 13.2 Å². The van der Waals surface area contributed by atoms with Crippen LogP contribution in [0.25, 0.3) is 0 Å². The molecule has 6 heteroatoms. The number of aliphatic hydroxyl groups excluding tert-OH is 1. The highest BCUT2D eigenvalue weighted by Gasteiger charge is 2.30. The lowest BCUT2D eigenvalue weighted by Crippen LogP contribution is -2.37. The lowest BCUT2D eigenvalue weighted by Gasteiger charge is -2.24. The summed E-state index contributed by atoms with van der Waals surface area (Å²) in [4.78, 5) is 1.25. The van der Waals surface area contributed by atoms with E-state index in [1.807, 2.05) is 6.92 Å². The summed E-state index contributed by atoms with van der Waals surface area (Å²) in [6.45, 7) is 1.32. The van der Waals surface area contributed by atoms with Gasteiger partial charge in [-0.25, -0.2) is 0 Å². The predicted octanol–water partition coefficient (Wildman–Crippen LogP) is 2.65. The molecule has 0 saturated heterocycles. The highest BCUT2D eigenvalue weighted by atomic mass is 79.9. The monoisotopic (exact) mass is 305 g/mol. The maximum absolute atomic E-state index is 12.2. The van der Waals surface area contributed by atoms with E-state index >= 15 is 0 Å². The zero-order valence-electron chi connectivity index (χ0n) is 9.43. The van der Waals surface area contributed by atoms with Gasteiger partial charge in [0.1, 0.15) is 0 Å². The van der Waals surface area contributed by atoms with Crippen LogP contribution < -0.4 is 0 Å².